The Morgan fingerprint density at radius 2 is 1.93 bits per heavy atom. The summed E-state index contributed by atoms with van der Waals surface area (Å²) in [5, 5.41) is 13.0. The second-order valence-corrected chi connectivity index (χ2v) is 11.1. The van der Waals surface area contributed by atoms with E-state index in [1.54, 1.807) is 19.2 Å². The van der Waals surface area contributed by atoms with Gasteiger partial charge in [-0.1, -0.05) is 35.3 Å². The Hall–Kier alpha value is -3.44. The molecule has 9 nitrogen and oxygen atoms in total. The SMILES string of the molecule is C[C@@H](Oc1cc(-c2ccc3c(c2)NC(=O)C32CCN(C(=O)C(C)(N)O)CC2)cnc1N)c1c(Cl)ccc(F)c1Cl. The summed E-state index contributed by atoms with van der Waals surface area (Å²) in [4.78, 5) is 31.3. The summed E-state index contributed by atoms with van der Waals surface area (Å²) >= 11 is 12.4. The topological polar surface area (TPSA) is 144 Å². The molecular formula is C28H28Cl2FN5O4. The third-order valence-electron chi connectivity index (χ3n) is 7.56. The van der Waals surface area contributed by atoms with Crippen LogP contribution in [0.4, 0.5) is 15.9 Å². The number of likely N-dealkylation sites (tertiary alicyclic amines) is 1. The van der Waals surface area contributed by atoms with Gasteiger partial charge in [-0.05, 0) is 62.1 Å². The molecule has 40 heavy (non-hydrogen) atoms. The number of anilines is 2. The molecule has 2 amide bonds. The number of piperidine rings is 1. The molecule has 12 heteroatoms. The van der Waals surface area contributed by atoms with E-state index in [4.69, 9.17) is 39.4 Å². The highest BCUT2D eigenvalue weighted by molar-refractivity contribution is 6.36. The minimum absolute atomic E-state index is 0.130. The van der Waals surface area contributed by atoms with Crippen molar-refractivity contribution in [2.45, 2.75) is 43.9 Å². The average molecular weight is 588 g/mol. The minimum Gasteiger partial charge on any atom is -0.482 e. The predicted octanol–water partition coefficient (Wildman–Crippen LogP) is 4.40. The number of ether oxygens (including phenoxy) is 1. The maximum absolute atomic E-state index is 14.0. The zero-order chi connectivity index (χ0) is 29.0. The van der Waals surface area contributed by atoms with Crippen LogP contribution in [0.25, 0.3) is 11.1 Å². The van der Waals surface area contributed by atoms with Gasteiger partial charge in [-0.25, -0.2) is 9.37 Å². The first-order valence-electron chi connectivity index (χ1n) is 12.6. The van der Waals surface area contributed by atoms with E-state index >= 15 is 0 Å². The number of nitrogens with one attached hydrogen (secondary N) is 1. The highest BCUT2D eigenvalue weighted by Gasteiger charge is 2.49. The number of halogens is 3. The molecule has 1 spiro atoms. The van der Waals surface area contributed by atoms with Gasteiger partial charge in [0.1, 0.15) is 11.9 Å². The number of pyridine rings is 1. The van der Waals surface area contributed by atoms with Crippen molar-refractivity contribution >= 4 is 46.5 Å². The van der Waals surface area contributed by atoms with Crippen molar-refractivity contribution in [2.75, 3.05) is 24.1 Å². The number of fused-ring (bicyclic) bond motifs is 2. The van der Waals surface area contributed by atoms with Gasteiger partial charge in [0, 0.05) is 41.1 Å². The molecule has 1 aromatic heterocycles. The van der Waals surface area contributed by atoms with Crippen molar-refractivity contribution in [2.24, 2.45) is 5.73 Å². The first-order valence-corrected chi connectivity index (χ1v) is 13.4. The summed E-state index contributed by atoms with van der Waals surface area (Å²) in [5.74, 6) is -0.927. The minimum atomic E-state index is -1.96. The molecular weight excluding hydrogens is 560 g/mol. The van der Waals surface area contributed by atoms with Crippen LogP contribution in [0.15, 0.2) is 42.6 Å². The lowest BCUT2D eigenvalue weighted by molar-refractivity contribution is -0.151. The molecule has 3 heterocycles. The van der Waals surface area contributed by atoms with Gasteiger partial charge in [0.05, 0.1) is 10.4 Å². The lowest BCUT2D eigenvalue weighted by atomic mass is 9.73. The van der Waals surface area contributed by atoms with E-state index in [9.17, 15) is 19.1 Å². The van der Waals surface area contributed by atoms with Crippen LogP contribution in [-0.2, 0) is 15.0 Å². The van der Waals surface area contributed by atoms with E-state index < -0.39 is 29.0 Å². The van der Waals surface area contributed by atoms with Crippen LogP contribution in [0, 0.1) is 5.82 Å². The smallest absolute Gasteiger partial charge is 0.269 e. The third-order valence-corrected chi connectivity index (χ3v) is 8.27. The van der Waals surface area contributed by atoms with Crippen molar-refractivity contribution in [3.63, 3.8) is 0 Å². The van der Waals surface area contributed by atoms with E-state index in [2.05, 4.69) is 10.3 Å². The second kappa shape index (κ2) is 10.2. The van der Waals surface area contributed by atoms with Crippen LogP contribution < -0.4 is 21.5 Å². The summed E-state index contributed by atoms with van der Waals surface area (Å²) in [5.41, 5.74) is 12.1. The molecule has 5 rings (SSSR count). The van der Waals surface area contributed by atoms with E-state index in [-0.39, 0.29) is 27.5 Å². The monoisotopic (exact) mass is 587 g/mol. The average Bonchev–Trinajstić information content (AvgIpc) is 3.17. The molecule has 6 N–H and O–H groups in total. The van der Waals surface area contributed by atoms with E-state index in [0.717, 1.165) is 11.1 Å². The highest BCUT2D eigenvalue weighted by Crippen LogP contribution is 2.46. The molecule has 1 unspecified atom stereocenters. The number of hydrogen-bond acceptors (Lipinski definition) is 7. The molecule has 210 valence electrons. The molecule has 0 radical (unpaired) electrons. The summed E-state index contributed by atoms with van der Waals surface area (Å²) in [6, 6.07) is 9.92. The van der Waals surface area contributed by atoms with Gasteiger partial charge in [0.15, 0.2) is 17.3 Å². The van der Waals surface area contributed by atoms with Gasteiger partial charge < -0.3 is 25.8 Å². The Morgan fingerprint density at radius 1 is 1.23 bits per heavy atom. The lowest BCUT2D eigenvalue weighted by Gasteiger charge is -2.39. The van der Waals surface area contributed by atoms with Gasteiger partial charge >= 0.3 is 0 Å². The Morgan fingerprint density at radius 3 is 2.60 bits per heavy atom. The zero-order valence-corrected chi connectivity index (χ0v) is 23.3. The van der Waals surface area contributed by atoms with Gasteiger partial charge in [-0.3, -0.25) is 15.3 Å². The van der Waals surface area contributed by atoms with Crippen molar-refractivity contribution in [3.05, 3.63) is 69.6 Å². The van der Waals surface area contributed by atoms with Crippen molar-refractivity contribution < 1.29 is 23.8 Å². The number of aromatic nitrogens is 1. The fraction of sp³-hybridized carbons (Fsp3) is 0.321. The van der Waals surface area contributed by atoms with Crippen molar-refractivity contribution in [3.8, 4) is 16.9 Å². The summed E-state index contributed by atoms with van der Waals surface area (Å²) < 4.78 is 20.1. The predicted molar refractivity (Wildman–Crippen MR) is 150 cm³/mol. The molecule has 2 aliphatic rings. The van der Waals surface area contributed by atoms with E-state index in [0.29, 0.717) is 42.7 Å². The maximum atomic E-state index is 14.0. The standard InChI is InChI=1S/C28H28Cl2FN5O4/c1-14(22-18(29)5-6-19(31)23(22)30)40-21-12-16(13-34-24(21)32)15-3-4-17-20(11-15)35-25(37)28(17)7-9-36(10-8-28)26(38)27(2,33)39/h3-6,11-14,39H,7-10,33H2,1-2H3,(H2,32,34)(H,35,37)/t14-,27?/m1/s1. The molecule has 1 fully saturated rings. The number of amides is 2. The Balaban J connectivity index is 1.39. The quantitative estimate of drug-likeness (QED) is 0.256. The second-order valence-electron chi connectivity index (χ2n) is 10.4. The third kappa shape index (κ3) is 4.85. The Bertz CT molecular complexity index is 1520. The number of carbonyl (C=O) groups excluding carboxylic acids is 2. The van der Waals surface area contributed by atoms with E-state index in [1.807, 2.05) is 18.2 Å². The van der Waals surface area contributed by atoms with Gasteiger partial charge in [-0.2, -0.15) is 0 Å². The normalized spacial score (nSPS) is 18.2. The van der Waals surface area contributed by atoms with Crippen LogP contribution in [0.5, 0.6) is 5.75 Å². The summed E-state index contributed by atoms with van der Waals surface area (Å²) in [7, 11) is 0. The number of aliphatic hydroxyl groups is 1. The first kappa shape index (κ1) is 28.1. The van der Waals surface area contributed by atoms with Crippen molar-refractivity contribution in [1.82, 2.24) is 9.88 Å². The largest absolute Gasteiger partial charge is 0.482 e. The maximum Gasteiger partial charge on any atom is 0.269 e. The molecule has 0 aliphatic carbocycles. The number of benzene rings is 2. The number of hydrogen-bond donors (Lipinski definition) is 4. The highest BCUT2D eigenvalue weighted by atomic mass is 35.5. The molecule has 3 aromatic rings. The van der Waals surface area contributed by atoms with Gasteiger partial charge in [0.25, 0.3) is 5.91 Å². The van der Waals surface area contributed by atoms with Crippen molar-refractivity contribution in [1.29, 1.82) is 0 Å². The molecule has 1 saturated heterocycles. The Kier molecular flexibility index (Phi) is 7.16. The first-order chi connectivity index (χ1) is 18.8. The number of rotatable bonds is 5. The van der Waals surface area contributed by atoms with Gasteiger partial charge in [-0.15, -0.1) is 0 Å². The fourth-order valence-corrected chi connectivity index (χ4v) is 6.07. The van der Waals surface area contributed by atoms with Crippen LogP contribution in [0.3, 0.4) is 0 Å². The molecule has 0 bridgehead atoms. The van der Waals surface area contributed by atoms with Crippen LogP contribution >= 0.6 is 23.2 Å². The van der Waals surface area contributed by atoms with Gasteiger partial charge in [0.2, 0.25) is 5.91 Å². The number of nitrogens with two attached hydrogens (primary N) is 2. The Labute approximate surface area is 240 Å². The number of nitrogen functional groups attached to an aromatic ring is 1. The van der Waals surface area contributed by atoms with Crippen LogP contribution in [-0.4, -0.2) is 45.6 Å². The van der Waals surface area contributed by atoms with E-state index in [1.165, 1.54) is 24.0 Å². The van der Waals surface area contributed by atoms with Crippen LogP contribution in [0.2, 0.25) is 10.0 Å². The molecule has 2 aromatic carbocycles. The number of carbonyl (C=O) groups is 2. The van der Waals surface area contributed by atoms with Crippen LogP contribution in [0.1, 0.15) is 43.9 Å². The number of nitrogens with zero attached hydrogens (tertiary/aromatic N) is 2. The summed E-state index contributed by atoms with van der Waals surface area (Å²) in [6.45, 7) is 3.51. The zero-order valence-electron chi connectivity index (χ0n) is 21.8. The fourth-order valence-electron chi connectivity index (χ4n) is 5.39. The molecule has 0 saturated carbocycles. The molecule has 2 aliphatic heterocycles. The summed E-state index contributed by atoms with van der Waals surface area (Å²) in [6.07, 6.45) is 1.66. The molecule has 2 atom stereocenters. The lowest BCUT2D eigenvalue weighted by Crippen LogP contribution is -2.57.